The largest absolute Gasteiger partial charge is 0.508 e. The number of phenolic OH excluding ortho intramolecular Hbond substituents is 1. The topological polar surface area (TPSA) is 46.5 Å². The molecule has 82 valence electrons. The van der Waals surface area contributed by atoms with Crippen molar-refractivity contribution in [3.8, 4) is 5.75 Å². The molecular formula is C12H16O3. The summed E-state index contributed by atoms with van der Waals surface area (Å²) in [4.78, 5) is 10.6. The van der Waals surface area contributed by atoms with E-state index in [2.05, 4.69) is 0 Å². The lowest BCUT2D eigenvalue weighted by Crippen LogP contribution is -2.11. The third-order valence-electron chi connectivity index (χ3n) is 2.13. The number of rotatable bonds is 4. The zero-order valence-electron chi connectivity index (χ0n) is 9.06. The summed E-state index contributed by atoms with van der Waals surface area (Å²) in [5.74, 6) is 0.244. The molecule has 0 unspecified atom stereocenters. The van der Waals surface area contributed by atoms with Crippen LogP contribution < -0.4 is 0 Å². The fourth-order valence-corrected chi connectivity index (χ4v) is 1.38. The monoisotopic (exact) mass is 208 g/mol. The van der Waals surface area contributed by atoms with E-state index in [1.165, 1.54) is 6.92 Å². The van der Waals surface area contributed by atoms with Crippen LogP contribution in [0, 0.1) is 5.92 Å². The van der Waals surface area contributed by atoms with E-state index in [0.717, 1.165) is 5.56 Å². The van der Waals surface area contributed by atoms with Crippen LogP contribution >= 0.6 is 0 Å². The zero-order valence-corrected chi connectivity index (χ0v) is 9.06. The Hall–Kier alpha value is -1.51. The molecule has 0 amide bonds. The van der Waals surface area contributed by atoms with Gasteiger partial charge in [0.05, 0.1) is 6.61 Å². The smallest absolute Gasteiger partial charge is 0.302 e. The van der Waals surface area contributed by atoms with Gasteiger partial charge in [-0.3, -0.25) is 4.79 Å². The molecule has 0 bridgehead atoms. The summed E-state index contributed by atoms with van der Waals surface area (Å²) >= 11 is 0. The molecule has 3 nitrogen and oxygen atoms in total. The summed E-state index contributed by atoms with van der Waals surface area (Å²) in [5, 5.41) is 9.53. The van der Waals surface area contributed by atoms with Crippen LogP contribution in [0.2, 0.25) is 0 Å². The van der Waals surface area contributed by atoms with Crippen molar-refractivity contribution in [3.05, 3.63) is 29.8 Å². The maximum absolute atomic E-state index is 10.6. The van der Waals surface area contributed by atoms with Gasteiger partial charge in [-0.1, -0.05) is 25.1 Å². The number of ether oxygens (including phenoxy) is 1. The second-order valence-electron chi connectivity index (χ2n) is 3.74. The van der Waals surface area contributed by atoms with Crippen molar-refractivity contribution in [1.29, 1.82) is 0 Å². The fraction of sp³-hybridized carbons (Fsp3) is 0.417. The number of carbonyl (C=O) groups excluding carboxylic acids is 1. The SMILES string of the molecule is CC(=O)OC[C@H](C)Cc1ccccc1O. The van der Waals surface area contributed by atoms with Crippen LogP contribution in [0.4, 0.5) is 0 Å². The van der Waals surface area contributed by atoms with Crippen molar-refractivity contribution in [2.24, 2.45) is 5.92 Å². The first-order chi connectivity index (χ1) is 7.09. The van der Waals surface area contributed by atoms with Gasteiger partial charge in [0.1, 0.15) is 5.75 Å². The molecule has 15 heavy (non-hydrogen) atoms. The molecule has 0 saturated heterocycles. The van der Waals surface area contributed by atoms with Gasteiger partial charge in [0, 0.05) is 6.92 Å². The molecule has 1 atom stereocenters. The Balaban J connectivity index is 2.47. The molecule has 0 aromatic heterocycles. The first kappa shape index (κ1) is 11.6. The molecule has 1 aromatic rings. The summed E-state index contributed by atoms with van der Waals surface area (Å²) < 4.78 is 4.90. The summed E-state index contributed by atoms with van der Waals surface area (Å²) in [6.07, 6.45) is 0.708. The van der Waals surface area contributed by atoms with Gasteiger partial charge in [0.2, 0.25) is 0 Å². The van der Waals surface area contributed by atoms with Crippen molar-refractivity contribution in [2.75, 3.05) is 6.61 Å². The highest BCUT2D eigenvalue weighted by Gasteiger charge is 2.08. The van der Waals surface area contributed by atoms with Gasteiger partial charge >= 0.3 is 5.97 Å². The number of aromatic hydroxyl groups is 1. The Morgan fingerprint density at radius 1 is 1.47 bits per heavy atom. The van der Waals surface area contributed by atoms with Crippen LogP contribution in [0.5, 0.6) is 5.75 Å². The first-order valence-electron chi connectivity index (χ1n) is 5.00. The van der Waals surface area contributed by atoms with Crippen LogP contribution in [-0.2, 0) is 16.0 Å². The number of para-hydroxylation sites is 1. The third kappa shape index (κ3) is 4.02. The van der Waals surface area contributed by atoms with Gasteiger partial charge in [-0.05, 0) is 24.0 Å². The van der Waals surface area contributed by atoms with Crippen molar-refractivity contribution >= 4 is 5.97 Å². The van der Waals surface area contributed by atoms with E-state index < -0.39 is 0 Å². The van der Waals surface area contributed by atoms with E-state index >= 15 is 0 Å². The van der Waals surface area contributed by atoms with Crippen LogP contribution in [0.25, 0.3) is 0 Å². The molecule has 3 heteroatoms. The molecule has 0 aliphatic heterocycles. The number of benzene rings is 1. The second-order valence-corrected chi connectivity index (χ2v) is 3.74. The maximum atomic E-state index is 10.6. The second kappa shape index (κ2) is 5.39. The Morgan fingerprint density at radius 3 is 2.73 bits per heavy atom. The van der Waals surface area contributed by atoms with E-state index in [0.29, 0.717) is 18.8 Å². The molecule has 0 spiro atoms. The highest BCUT2D eigenvalue weighted by atomic mass is 16.5. The average Bonchev–Trinajstić information content (AvgIpc) is 2.18. The van der Waals surface area contributed by atoms with Gasteiger partial charge in [0.15, 0.2) is 0 Å². The number of carbonyl (C=O) groups is 1. The predicted molar refractivity (Wildman–Crippen MR) is 57.6 cm³/mol. The quantitative estimate of drug-likeness (QED) is 0.771. The Morgan fingerprint density at radius 2 is 2.13 bits per heavy atom. The average molecular weight is 208 g/mol. The summed E-state index contributed by atoms with van der Waals surface area (Å²) in [7, 11) is 0. The van der Waals surface area contributed by atoms with E-state index in [4.69, 9.17) is 4.74 Å². The van der Waals surface area contributed by atoms with E-state index in [1.807, 2.05) is 19.1 Å². The molecule has 0 heterocycles. The lowest BCUT2D eigenvalue weighted by atomic mass is 10.0. The minimum absolute atomic E-state index is 0.210. The standard InChI is InChI=1S/C12H16O3/c1-9(8-15-10(2)13)7-11-5-3-4-6-12(11)14/h3-6,9,14H,7-8H2,1-2H3/t9-/m1/s1. The number of phenols is 1. The minimum Gasteiger partial charge on any atom is -0.508 e. The molecule has 0 fully saturated rings. The van der Waals surface area contributed by atoms with E-state index in [9.17, 15) is 9.90 Å². The zero-order chi connectivity index (χ0) is 11.3. The van der Waals surface area contributed by atoms with Crippen LogP contribution in [0.1, 0.15) is 19.4 Å². The van der Waals surface area contributed by atoms with Gasteiger partial charge in [0.25, 0.3) is 0 Å². The molecule has 1 rings (SSSR count). The Labute approximate surface area is 89.7 Å². The van der Waals surface area contributed by atoms with E-state index in [-0.39, 0.29) is 11.9 Å². The van der Waals surface area contributed by atoms with E-state index in [1.54, 1.807) is 12.1 Å². The van der Waals surface area contributed by atoms with Crippen LogP contribution in [0.15, 0.2) is 24.3 Å². The minimum atomic E-state index is -0.265. The highest BCUT2D eigenvalue weighted by Crippen LogP contribution is 2.19. The molecule has 0 aliphatic rings. The normalized spacial score (nSPS) is 12.1. The number of hydrogen-bond acceptors (Lipinski definition) is 3. The molecule has 1 N–H and O–H groups in total. The van der Waals surface area contributed by atoms with Crippen LogP contribution in [0.3, 0.4) is 0 Å². The van der Waals surface area contributed by atoms with Gasteiger partial charge < -0.3 is 9.84 Å². The predicted octanol–water partition coefficient (Wildman–Crippen LogP) is 2.13. The third-order valence-corrected chi connectivity index (χ3v) is 2.13. The summed E-state index contributed by atoms with van der Waals surface area (Å²) in [5.41, 5.74) is 0.886. The van der Waals surface area contributed by atoms with Gasteiger partial charge in [-0.2, -0.15) is 0 Å². The molecular weight excluding hydrogens is 192 g/mol. The van der Waals surface area contributed by atoms with Crippen molar-refractivity contribution in [2.45, 2.75) is 20.3 Å². The van der Waals surface area contributed by atoms with Crippen molar-refractivity contribution in [1.82, 2.24) is 0 Å². The van der Waals surface area contributed by atoms with Crippen molar-refractivity contribution < 1.29 is 14.6 Å². The van der Waals surface area contributed by atoms with Gasteiger partial charge in [-0.15, -0.1) is 0 Å². The number of hydrogen-bond donors (Lipinski definition) is 1. The lowest BCUT2D eigenvalue weighted by Gasteiger charge is -2.11. The lowest BCUT2D eigenvalue weighted by molar-refractivity contribution is -0.142. The molecule has 1 aromatic carbocycles. The number of esters is 1. The Bertz CT molecular complexity index is 333. The molecule has 0 radical (unpaired) electrons. The highest BCUT2D eigenvalue weighted by molar-refractivity contribution is 5.65. The maximum Gasteiger partial charge on any atom is 0.302 e. The fourth-order valence-electron chi connectivity index (χ4n) is 1.38. The Kier molecular flexibility index (Phi) is 4.16. The summed E-state index contributed by atoms with van der Waals surface area (Å²) in [6, 6.07) is 7.21. The first-order valence-corrected chi connectivity index (χ1v) is 5.00. The van der Waals surface area contributed by atoms with Crippen LogP contribution in [-0.4, -0.2) is 17.7 Å². The molecule has 0 saturated carbocycles. The van der Waals surface area contributed by atoms with Gasteiger partial charge in [-0.25, -0.2) is 0 Å². The summed E-state index contributed by atoms with van der Waals surface area (Å²) in [6.45, 7) is 3.77. The van der Waals surface area contributed by atoms with Crippen molar-refractivity contribution in [3.63, 3.8) is 0 Å². The molecule has 0 aliphatic carbocycles.